The predicted molar refractivity (Wildman–Crippen MR) is 150 cm³/mol. The number of methoxy groups -OCH3 is 1. The van der Waals surface area contributed by atoms with Crippen molar-refractivity contribution in [3.63, 3.8) is 0 Å². The van der Waals surface area contributed by atoms with Crippen LogP contribution < -0.4 is 15.4 Å². The Labute approximate surface area is 223 Å². The van der Waals surface area contributed by atoms with Gasteiger partial charge >= 0.3 is 6.09 Å². The monoisotopic (exact) mass is 527 g/mol. The molecule has 0 bridgehead atoms. The van der Waals surface area contributed by atoms with Crippen molar-refractivity contribution in [2.24, 2.45) is 0 Å². The predicted octanol–water partition coefficient (Wildman–Crippen LogP) is 5.12. The highest BCUT2D eigenvalue weighted by atomic mass is 32.2. The quantitative estimate of drug-likeness (QED) is 0.421. The fourth-order valence-corrected chi connectivity index (χ4v) is 4.08. The van der Waals surface area contributed by atoms with Gasteiger partial charge in [0.1, 0.15) is 23.4 Å². The first-order chi connectivity index (χ1) is 17.5. The van der Waals surface area contributed by atoms with E-state index in [9.17, 15) is 14.4 Å². The normalized spacial score (nSPS) is 12.6. The van der Waals surface area contributed by atoms with Gasteiger partial charge in [-0.1, -0.05) is 30.9 Å². The Kier molecular flexibility index (Phi) is 11.1. The lowest BCUT2D eigenvalue weighted by Crippen LogP contribution is -2.51. The van der Waals surface area contributed by atoms with E-state index < -0.39 is 35.6 Å². The molecule has 0 fully saturated rings. The average Bonchev–Trinajstić information content (AvgIpc) is 2.85. The number of hydrogen-bond acceptors (Lipinski definition) is 6. The van der Waals surface area contributed by atoms with Crippen molar-refractivity contribution in [3.8, 4) is 5.75 Å². The third kappa shape index (κ3) is 9.17. The Morgan fingerprint density at radius 3 is 2.38 bits per heavy atom. The van der Waals surface area contributed by atoms with Gasteiger partial charge in [0.25, 0.3) is 5.91 Å². The van der Waals surface area contributed by atoms with E-state index in [1.165, 1.54) is 4.90 Å². The molecule has 2 aromatic rings. The summed E-state index contributed by atoms with van der Waals surface area (Å²) in [6, 6.07) is 12.4. The van der Waals surface area contributed by atoms with Gasteiger partial charge in [0.2, 0.25) is 5.91 Å². The Morgan fingerprint density at radius 2 is 1.81 bits per heavy atom. The summed E-state index contributed by atoms with van der Waals surface area (Å²) in [5.41, 5.74) is 1.27. The maximum atomic E-state index is 13.7. The van der Waals surface area contributed by atoms with E-state index >= 15 is 0 Å². The van der Waals surface area contributed by atoms with Crippen LogP contribution in [0.3, 0.4) is 0 Å². The summed E-state index contributed by atoms with van der Waals surface area (Å²) in [4.78, 5) is 41.1. The minimum Gasteiger partial charge on any atom is -0.497 e. The van der Waals surface area contributed by atoms with Crippen molar-refractivity contribution < 1.29 is 23.9 Å². The number of likely N-dealkylation sites (N-methyl/N-ethyl adjacent to an activating group) is 1. The fourth-order valence-electron chi connectivity index (χ4n) is 3.61. The van der Waals surface area contributed by atoms with Gasteiger partial charge in [0, 0.05) is 12.7 Å². The number of carbonyl (C=O) groups is 3. The van der Waals surface area contributed by atoms with Gasteiger partial charge in [-0.25, -0.2) is 4.79 Å². The molecule has 37 heavy (non-hydrogen) atoms. The Bertz CT molecular complexity index is 1080. The molecule has 0 aliphatic carbocycles. The lowest BCUT2D eigenvalue weighted by molar-refractivity contribution is -0.139. The number of amides is 3. The van der Waals surface area contributed by atoms with Crippen LogP contribution in [-0.4, -0.2) is 60.6 Å². The molecule has 2 rings (SSSR count). The van der Waals surface area contributed by atoms with Crippen LogP contribution >= 0.6 is 11.8 Å². The maximum absolute atomic E-state index is 13.7. The lowest BCUT2D eigenvalue weighted by Gasteiger charge is -2.31. The molecule has 0 saturated carbocycles. The molecule has 0 aliphatic heterocycles. The first-order valence-electron chi connectivity index (χ1n) is 11.9. The third-order valence-electron chi connectivity index (χ3n) is 5.40. The van der Waals surface area contributed by atoms with Crippen molar-refractivity contribution in [1.82, 2.24) is 10.2 Å². The number of alkyl carbamates (subject to hydrolysis) is 1. The van der Waals surface area contributed by atoms with Crippen LogP contribution in [0.2, 0.25) is 0 Å². The minimum absolute atomic E-state index is 0.378. The summed E-state index contributed by atoms with van der Waals surface area (Å²) in [5, 5.41) is 5.58. The highest BCUT2D eigenvalue weighted by Gasteiger charge is 2.34. The molecule has 2 atom stereocenters. The van der Waals surface area contributed by atoms with Gasteiger partial charge < -0.3 is 25.0 Å². The van der Waals surface area contributed by atoms with Gasteiger partial charge in [-0.15, -0.1) is 0 Å². The average molecular weight is 528 g/mol. The van der Waals surface area contributed by atoms with Crippen LogP contribution in [0.4, 0.5) is 10.5 Å². The van der Waals surface area contributed by atoms with E-state index in [1.54, 1.807) is 83.1 Å². The van der Waals surface area contributed by atoms with E-state index in [4.69, 9.17) is 9.47 Å². The van der Waals surface area contributed by atoms with Gasteiger partial charge in [0.15, 0.2) is 0 Å². The second-order valence-electron chi connectivity index (χ2n) is 9.42. The van der Waals surface area contributed by atoms with Gasteiger partial charge in [-0.3, -0.25) is 9.59 Å². The highest BCUT2D eigenvalue weighted by Crippen LogP contribution is 2.25. The Balaban J connectivity index is 2.38. The highest BCUT2D eigenvalue weighted by molar-refractivity contribution is 7.98. The van der Waals surface area contributed by atoms with Crippen molar-refractivity contribution in [2.75, 3.05) is 31.5 Å². The summed E-state index contributed by atoms with van der Waals surface area (Å²) >= 11 is 1.56. The molecular weight excluding hydrogens is 490 g/mol. The first-order valence-corrected chi connectivity index (χ1v) is 13.3. The van der Waals surface area contributed by atoms with E-state index in [1.807, 2.05) is 24.5 Å². The summed E-state index contributed by atoms with van der Waals surface area (Å²) < 4.78 is 10.6. The number of hydrogen-bond donors (Lipinski definition) is 2. The Hall–Kier alpha value is -3.46. The third-order valence-corrected chi connectivity index (χ3v) is 6.05. The molecule has 0 spiro atoms. The zero-order valence-electron chi connectivity index (χ0n) is 22.4. The molecule has 2 unspecified atom stereocenters. The maximum Gasteiger partial charge on any atom is 0.408 e. The molecular formula is C28H37N3O5S. The molecule has 2 aromatic carbocycles. The number of thioether (sulfide) groups is 1. The van der Waals surface area contributed by atoms with E-state index in [-0.39, 0.29) is 0 Å². The number of nitrogens with zero attached hydrogens (tertiary/aromatic N) is 1. The fraction of sp³-hybridized carbons (Fsp3) is 0.393. The van der Waals surface area contributed by atoms with E-state index in [2.05, 4.69) is 17.2 Å². The molecule has 0 aliphatic rings. The Morgan fingerprint density at radius 1 is 1.14 bits per heavy atom. The van der Waals surface area contributed by atoms with Crippen LogP contribution in [0.15, 0.2) is 55.1 Å². The molecule has 200 valence electrons. The number of ether oxygens (including phenoxy) is 2. The van der Waals surface area contributed by atoms with Crippen molar-refractivity contribution in [2.45, 2.75) is 44.9 Å². The summed E-state index contributed by atoms with van der Waals surface area (Å²) in [6.07, 6.45) is 3.29. The van der Waals surface area contributed by atoms with Crippen LogP contribution in [0, 0.1) is 0 Å². The number of rotatable bonds is 11. The smallest absolute Gasteiger partial charge is 0.408 e. The summed E-state index contributed by atoms with van der Waals surface area (Å²) in [7, 11) is 3.12. The molecule has 0 aromatic heterocycles. The molecule has 2 N–H and O–H groups in total. The molecule has 0 heterocycles. The SMILES string of the molecule is C=Cc1cccc(C(C(=O)Nc2ccc(OC)cc2)N(C)C(=O)C(CCSC)NC(=O)OC(C)(C)C)c1. The van der Waals surface area contributed by atoms with Crippen LogP contribution in [0.5, 0.6) is 5.75 Å². The standard InChI is InChI=1S/C28H37N3O5S/c1-8-19-10-9-11-20(18-19)24(25(32)29-21-12-14-22(35-6)15-13-21)31(5)26(33)23(16-17-37-7)30-27(34)36-28(2,3)4/h8-15,18,23-24H,1,16-17H2,2-7H3,(H,29,32)(H,30,34). The summed E-state index contributed by atoms with van der Waals surface area (Å²) in [6.45, 7) is 9.07. The van der Waals surface area contributed by atoms with E-state index in [0.29, 0.717) is 29.2 Å². The minimum atomic E-state index is -0.966. The van der Waals surface area contributed by atoms with Gasteiger partial charge in [0.05, 0.1) is 7.11 Å². The van der Waals surface area contributed by atoms with Gasteiger partial charge in [-0.05, 0) is 80.7 Å². The molecule has 8 nitrogen and oxygen atoms in total. The molecule has 3 amide bonds. The lowest BCUT2D eigenvalue weighted by atomic mass is 10.0. The van der Waals surface area contributed by atoms with E-state index in [0.717, 1.165) is 5.56 Å². The van der Waals surface area contributed by atoms with Crippen molar-refractivity contribution in [3.05, 3.63) is 66.2 Å². The number of carbonyl (C=O) groups excluding carboxylic acids is 3. The summed E-state index contributed by atoms with van der Waals surface area (Å²) in [5.74, 6) is 0.488. The molecule has 9 heteroatoms. The topological polar surface area (TPSA) is 97.0 Å². The second-order valence-corrected chi connectivity index (χ2v) is 10.4. The first kappa shape index (κ1) is 29.8. The van der Waals surface area contributed by atoms with Gasteiger partial charge in [-0.2, -0.15) is 11.8 Å². The molecule has 0 radical (unpaired) electrons. The largest absolute Gasteiger partial charge is 0.497 e. The van der Waals surface area contributed by atoms with Crippen molar-refractivity contribution in [1.29, 1.82) is 0 Å². The van der Waals surface area contributed by atoms with Crippen LogP contribution in [-0.2, 0) is 14.3 Å². The zero-order valence-corrected chi connectivity index (χ0v) is 23.2. The number of nitrogens with one attached hydrogen (secondary N) is 2. The molecule has 0 saturated heterocycles. The second kappa shape index (κ2) is 13.7. The van der Waals surface area contributed by atoms with Crippen molar-refractivity contribution >= 4 is 41.4 Å². The zero-order chi connectivity index (χ0) is 27.6. The number of anilines is 1. The number of benzene rings is 2. The van der Waals surface area contributed by atoms with Crippen LogP contribution in [0.25, 0.3) is 6.08 Å². The van der Waals surface area contributed by atoms with Crippen LogP contribution in [0.1, 0.15) is 44.4 Å².